The van der Waals surface area contributed by atoms with Gasteiger partial charge < -0.3 is 15.3 Å². The number of aliphatic hydroxyl groups excluding tert-OH is 1. The third kappa shape index (κ3) is 15.4. The van der Waals surface area contributed by atoms with E-state index in [9.17, 15) is 4.79 Å². The Bertz CT molecular complexity index is 184. The van der Waals surface area contributed by atoms with Crippen molar-refractivity contribution in [2.75, 3.05) is 6.61 Å². The van der Waals surface area contributed by atoms with E-state index in [1.54, 1.807) is 13.8 Å². The van der Waals surface area contributed by atoms with Crippen LogP contribution in [0.5, 0.6) is 0 Å². The SMILES string of the molecule is CC(C)(O)CCO.CCCCC(CC)C(=O)O. The van der Waals surface area contributed by atoms with E-state index in [0.29, 0.717) is 6.42 Å². The predicted octanol–water partition coefficient (Wildman–Crippen LogP) is 2.43. The molecule has 0 fully saturated rings. The summed E-state index contributed by atoms with van der Waals surface area (Å²) >= 11 is 0. The van der Waals surface area contributed by atoms with Crippen molar-refractivity contribution in [2.24, 2.45) is 5.92 Å². The summed E-state index contributed by atoms with van der Waals surface area (Å²) in [4.78, 5) is 10.4. The quantitative estimate of drug-likeness (QED) is 0.646. The molecule has 0 bridgehead atoms. The molecule has 0 aromatic carbocycles. The summed E-state index contributed by atoms with van der Waals surface area (Å²) in [7, 11) is 0. The second kappa shape index (κ2) is 10.5. The highest BCUT2D eigenvalue weighted by Gasteiger charge is 2.12. The molecule has 0 rings (SSSR count). The van der Waals surface area contributed by atoms with Gasteiger partial charge in [-0.3, -0.25) is 4.79 Å². The Morgan fingerprint density at radius 1 is 1.29 bits per heavy atom. The summed E-state index contributed by atoms with van der Waals surface area (Å²) in [5, 5.41) is 25.7. The fourth-order valence-electron chi connectivity index (χ4n) is 1.23. The summed E-state index contributed by atoms with van der Waals surface area (Å²) in [6, 6.07) is 0. The molecule has 0 heterocycles. The fourth-order valence-corrected chi connectivity index (χ4v) is 1.23. The lowest BCUT2D eigenvalue weighted by Crippen LogP contribution is -2.19. The van der Waals surface area contributed by atoms with Gasteiger partial charge in [-0.05, 0) is 33.1 Å². The summed E-state index contributed by atoms with van der Waals surface area (Å²) < 4.78 is 0. The van der Waals surface area contributed by atoms with Crippen LogP contribution in [0.3, 0.4) is 0 Å². The molecular weight excluding hydrogens is 220 g/mol. The van der Waals surface area contributed by atoms with Crippen molar-refractivity contribution in [1.82, 2.24) is 0 Å². The highest BCUT2D eigenvalue weighted by Crippen LogP contribution is 2.11. The topological polar surface area (TPSA) is 77.8 Å². The third-order valence-corrected chi connectivity index (χ3v) is 2.47. The van der Waals surface area contributed by atoms with E-state index in [1.165, 1.54) is 0 Å². The standard InChI is InChI=1S/C8H16O2.C5H12O2/c1-3-5-6-7(4-2)8(9)10;1-5(2,7)3-4-6/h7H,3-6H2,1-2H3,(H,9,10);6-7H,3-4H2,1-2H3. The zero-order valence-corrected chi connectivity index (χ0v) is 11.6. The lowest BCUT2D eigenvalue weighted by molar-refractivity contribution is -0.142. The van der Waals surface area contributed by atoms with Gasteiger partial charge in [-0.15, -0.1) is 0 Å². The van der Waals surface area contributed by atoms with Crippen LogP contribution in [0.1, 0.15) is 59.8 Å². The van der Waals surface area contributed by atoms with Crippen molar-refractivity contribution in [1.29, 1.82) is 0 Å². The van der Waals surface area contributed by atoms with Crippen LogP contribution in [0, 0.1) is 5.92 Å². The second-order valence-electron chi connectivity index (χ2n) is 4.87. The number of aliphatic hydroxyl groups is 2. The second-order valence-corrected chi connectivity index (χ2v) is 4.87. The van der Waals surface area contributed by atoms with Gasteiger partial charge in [-0.2, -0.15) is 0 Å². The van der Waals surface area contributed by atoms with Crippen LogP contribution >= 0.6 is 0 Å². The van der Waals surface area contributed by atoms with Gasteiger partial charge in [0.2, 0.25) is 0 Å². The molecule has 0 amide bonds. The molecule has 1 atom stereocenters. The van der Waals surface area contributed by atoms with Crippen LogP contribution in [0.2, 0.25) is 0 Å². The van der Waals surface area contributed by atoms with Crippen molar-refractivity contribution >= 4 is 5.97 Å². The number of hydrogen-bond donors (Lipinski definition) is 3. The molecule has 17 heavy (non-hydrogen) atoms. The van der Waals surface area contributed by atoms with Crippen molar-refractivity contribution in [3.8, 4) is 0 Å². The molecule has 0 aliphatic heterocycles. The van der Waals surface area contributed by atoms with E-state index >= 15 is 0 Å². The lowest BCUT2D eigenvalue weighted by Gasteiger charge is -2.13. The highest BCUT2D eigenvalue weighted by molar-refractivity contribution is 5.69. The molecule has 0 radical (unpaired) electrons. The van der Waals surface area contributed by atoms with Gasteiger partial charge in [0.15, 0.2) is 0 Å². The maximum Gasteiger partial charge on any atom is 0.306 e. The average Bonchev–Trinajstić information content (AvgIpc) is 2.17. The van der Waals surface area contributed by atoms with Gasteiger partial charge in [0.05, 0.1) is 11.5 Å². The van der Waals surface area contributed by atoms with E-state index in [2.05, 4.69) is 6.92 Å². The molecule has 104 valence electrons. The molecule has 4 heteroatoms. The Kier molecular flexibility index (Phi) is 11.6. The molecule has 0 aliphatic carbocycles. The molecule has 0 saturated heterocycles. The first-order valence-corrected chi connectivity index (χ1v) is 6.34. The summed E-state index contributed by atoms with van der Waals surface area (Å²) in [5.74, 6) is -0.754. The van der Waals surface area contributed by atoms with Gasteiger partial charge in [-0.25, -0.2) is 0 Å². The van der Waals surface area contributed by atoms with Gasteiger partial charge in [0.1, 0.15) is 0 Å². The van der Waals surface area contributed by atoms with E-state index < -0.39 is 11.6 Å². The van der Waals surface area contributed by atoms with E-state index in [4.69, 9.17) is 15.3 Å². The zero-order chi connectivity index (χ0) is 13.9. The fraction of sp³-hybridized carbons (Fsp3) is 0.923. The summed E-state index contributed by atoms with van der Waals surface area (Å²) in [5.41, 5.74) is -0.700. The normalized spacial score (nSPS) is 12.6. The van der Waals surface area contributed by atoms with Gasteiger partial charge in [0, 0.05) is 6.61 Å². The predicted molar refractivity (Wildman–Crippen MR) is 68.9 cm³/mol. The number of aliphatic carboxylic acids is 1. The minimum atomic E-state index is -0.700. The maximum atomic E-state index is 10.4. The van der Waals surface area contributed by atoms with E-state index in [1.807, 2.05) is 6.92 Å². The van der Waals surface area contributed by atoms with Gasteiger partial charge in [0.25, 0.3) is 0 Å². The van der Waals surface area contributed by atoms with Crippen LogP contribution in [-0.2, 0) is 4.79 Å². The van der Waals surface area contributed by atoms with Gasteiger partial charge in [-0.1, -0.05) is 26.7 Å². The number of carbonyl (C=O) groups is 1. The Labute approximate surface area is 105 Å². The largest absolute Gasteiger partial charge is 0.481 e. The van der Waals surface area contributed by atoms with Crippen LogP contribution in [0.25, 0.3) is 0 Å². The minimum Gasteiger partial charge on any atom is -0.481 e. The van der Waals surface area contributed by atoms with Gasteiger partial charge >= 0.3 is 5.97 Å². The van der Waals surface area contributed by atoms with Crippen LogP contribution in [0.15, 0.2) is 0 Å². The highest BCUT2D eigenvalue weighted by atomic mass is 16.4. The average molecular weight is 248 g/mol. The molecule has 0 aromatic heterocycles. The summed E-state index contributed by atoms with van der Waals surface area (Å²) in [6.07, 6.45) is 4.17. The minimum absolute atomic E-state index is 0.0590. The third-order valence-electron chi connectivity index (χ3n) is 2.47. The molecule has 1 unspecified atom stereocenters. The Morgan fingerprint density at radius 2 is 1.82 bits per heavy atom. The number of hydrogen-bond acceptors (Lipinski definition) is 3. The molecule has 0 aromatic rings. The molecular formula is C13H28O4. The Hall–Kier alpha value is -0.610. The Morgan fingerprint density at radius 3 is 2.00 bits per heavy atom. The number of carboxylic acids is 1. The molecule has 0 spiro atoms. The first kappa shape index (κ1) is 18.7. The number of rotatable bonds is 7. The van der Waals surface area contributed by atoms with E-state index in [-0.39, 0.29) is 12.5 Å². The van der Waals surface area contributed by atoms with Crippen molar-refractivity contribution in [3.05, 3.63) is 0 Å². The van der Waals surface area contributed by atoms with Crippen molar-refractivity contribution in [3.63, 3.8) is 0 Å². The first-order valence-electron chi connectivity index (χ1n) is 6.34. The summed E-state index contributed by atoms with van der Waals surface area (Å²) in [6.45, 7) is 7.40. The zero-order valence-electron chi connectivity index (χ0n) is 11.6. The molecule has 0 aliphatic rings. The van der Waals surface area contributed by atoms with Crippen LogP contribution < -0.4 is 0 Å². The smallest absolute Gasteiger partial charge is 0.306 e. The van der Waals surface area contributed by atoms with Crippen molar-refractivity contribution in [2.45, 2.75) is 65.4 Å². The van der Waals surface area contributed by atoms with Crippen LogP contribution in [-0.4, -0.2) is 33.5 Å². The van der Waals surface area contributed by atoms with Crippen molar-refractivity contribution < 1.29 is 20.1 Å². The van der Waals surface area contributed by atoms with Crippen LogP contribution in [0.4, 0.5) is 0 Å². The maximum absolute atomic E-state index is 10.4. The Balaban J connectivity index is 0. The lowest BCUT2D eigenvalue weighted by atomic mass is 10.00. The first-order chi connectivity index (χ1) is 7.78. The van der Waals surface area contributed by atoms with E-state index in [0.717, 1.165) is 25.7 Å². The number of carboxylic acid groups (broad SMARTS) is 1. The molecule has 0 saturated carbocycles. The number of unbranched alkanes of at least 4 members (excludes halogenated alkanes) is 1. The molecule has 4 nitrogen and oxygen atoms in total. The molecule has 3 N–H and O–H groups in total. The monoisotopic (exact) mass is 248 g/mol.